The van der Waals surface area contributed by atoms with Crippen LogP contribution in [-0.2, 0) is 11.3 Å². The van der Waals surface area contributed by atoms with Gasteiger partial charge in [-0.3, -0.25) is 9.69 Å². The number of hydrogen-bond acceptors (Lipinski definition) is 3. The van der Waals surface area contributed by atoms with Crippen molar-refractivity contribution in [3.05, 3.63) is 65.2 Å². The third-order valence-corrected chi connectivity index (χ3v) is 4.55. The molecule has 0 aromatic heterocycles. The Hall–Kier alpha value is -2.47. The Kier molecular flexibility index (Phi) is 7.30. The van der Waals surface area contributed by atoms with Crippen molar-refractivity contribution in [3.63, 3.8) is 0 Å². The van der Waals surface area contributed by atoms with E-state index < -0.39 is 11.6 Å². The first-order valence-electron chi connectivity index (χ1n) is 8.92. The van der Waals surface area contributed by atoms with Crippen molar-refractivity contribution in [1.29, 1.82) is 0 Å². The number of amides is 1. The zero-order valence-electron chi connectivity index (χ0n) is 16.2. The average Bonchev–Trinajstić information content (AvgIpc) is 2.65. The Morgan fingerprint density at radius 3 is 2.33 bits per heavy atom. The van der Waals surface area contributed by atoms with Gasteiger partial charge in [-0.2, -0.15) is 0 Å². The van der Waals surface area contributed by atoms with Crippen molar-refractivity contribution in [2.75, 3.05) is 27.2 Å². The Morgan fingerprint density at radius 2 is 1.74 bits per heavy atom. The first-order chi connectivity index (χ1) is 12.8. The molecular weight excluding hydrogens is 350 g/mol. The summed E-state index contributed by atoms with van der Waals surface area (Å²) in [7, 11) is 3.53. The van der Waals surface area contributed by atoms with Gasteiger partial charge in [0.05, 0.1) is 13.2 Å². The van der Waals surface area contributed by atoms with E-state index in [1.165, 1.54) is 12.1 Å². The third-order valence-electron chi connectivity index (χ3n) is 4.55. The molecule has 0 N–H and O–H groups in total. The van der Waals surface area contributed by atoms with Crippen LogP contribution < -0.4 is 4.74 Å². The van der Waals surface area contributed by atoms with Crippen LogP contribution in [0.1, 0.15) is 31.0 Å². The van der Waals surface area contributed by atoms with Crippen LogP contribution in [0.4, 0.5) is 8.78 Å². The van der Waals surface area contributed by atoms with Gasteiger partial charge < -0.3 is 9.64 Å². The average molecular weight is 376 g/mol. The molecule has 1 amide bonds. The molecule has 0 fully saturated rings. The SMILES string of the molecule is CCOc1ccc(CN(C)C(=O)CN(C)C(C)c2ccc(F)c(F)c2)cc1. The Labute approximate surface area is 159 Å². The molecule has 146 valence electrons. The van der Waals surface area contributed by atoms with Crippen molar-refractivity contribution in [3.8, 4) is 5.75 Å². The van der Waals surface area contributed by atoms with Crippen LogP contribution in [0, 0.1) is 11.6 Å². The van der Waals surface area contributed by atoms with Crippen LogP contribution in [0.3, 0.4) is 0 Å². The second-order valence-electron chi connectivity index (χ2n) is 6.59. The molecule has 0 bridgehead atoms. The smallest absolute Gasteiger partial charge is 0.236 e. The number of nitrogens with zero attached hydrogens (tertiary/aromatic N) is 2. The standard InChI is InChI=1S/C21H26F2N2O2/c1-5-27-18-9-6-16(7-10-18)13-25(4)21(26)14-24(3)15(2)17-8-11-19(22)20(23)12-17/h6-12,15H,5,13-14H2,1-4H3. The van der Waals surface area contributed by atoms with Crippen molar-refractivity contribution in [2.45, 2.75) is 26.4 Å². The van der Waals surface area contributed by atoms with E-state index in [-0.39, 0.29) is 18.5 Å². The van der Waals surface area contributed by atoms with Gasteiger partial charge in [-0.15, -0.1) is 0 Å². The maximum absolute atomic E-state index is 13.4. The molecule has 1 unspecified atom stereocenters. The lowest BCUT2D eigenvalue weighted by molar-refractivity contribution is -0.131. The van der Waals surface area contributed by atoms with Gasteiger partial charge in [-0.25, -0.2) is 8.78 Å². The van der Waals surface area contributed by atoms with E-state index in [4.69, 9.17) is 4.74 Å². The lowest BCUT2D eigenvalue weighted by Crippen LogP contribution is -2.37. The van der Waals surface area contributed by atoms with Crippen molar-refractivity contribution < 1.29 is 18.3 Å². The van der Waals surface area contributed by atoms with E-state index in [2.05, 4.69) is 0 Å². The molecule has 0 heterocycles. The summed E-state index contributed by atoms with van der Waals surface area (Å²) in [4.78, 5) is 16.0. The molecule has 0 radical (unpaired) electrons. The van der Waals surface area contributed by atoms with Crippen molar-refractivity contribution in [1.82, 2.24) is 9.80 Å². The quantitative estimate of drug-likeness (QED) is 0.698. The molecule has 4 nitrogen and oxygen atoms in total. The van der Waals surface area contributed by atoms with Gasteiger partial charge in [-0.05, 0) is 56.3 Å². The predicted molar refractivity (Wildman–Crippen MR) is 101 cm³/mol. The molecule has 0 saturated heterocycles. The molecule has 0 aliphatic carbocycles. The van der Waals surface area contributed by atoms with Gasteiger partial charge in [0.25, 0.3) is 0 Å². The molecule has 6 heteroatoms. The normalized spacial score (nSPS) is 12.1. The van der Waals surface area contributed by atoms with Crippen LogP contribution in [0.5, 0.6) is 5.75 Å². The first-order valence-corrected chi connectivity index (χ1v) is 8.92. The van der Waals surface area contributed by atoms with Crippen LogP contribution in [0.2, 0.25) is 0 Å². The number of ether oxygens (including phenoxy) is 1. The predicted octanol–water partition coefficient (Wildman–Crippen LogP) is 4.01. The maximum atomic E-state index is 13.4. The van der Waals surface area contributed by atoms with E-state index in [1.54, 1.807) is 19.0 Å². The van der Waals surface area contributed by atoms with Crippen LogP contribution in [0.25, 0.3) is 0 Å². The van der Waals surface area contributed by atoms with Crippen LogP contribution in [0.15, 0.2) is 42.5 Å². The molecule has 0 aliphatic heterocycles. The highest BCUT2D eigenvalue weighted by molar-refractivity contribution is 5.78. The minimum Gasteiger partial charge on any atom is -0.494 e. The second-order valence-corrected chi connectivity index (χ2v) is 6.59. The summed E-state index contributed by atoms with van der Waals surface area (Å²) in [6.07, 6.45) is 0. The number of carbonyl (C=O) groups excluding carboxylic acids is 1. The van der Waals surface area contributed by atoms with Crippen molar-refractivity contribution >= 4 is 5.91 Å². The van der Waals surface area contributed by atoms with Gasteiger partial charge in [-0.1, -0.05) is 18.2 Å². The van der Waals surface area contributed by atoms with E-state index in [1.807, 2.05) is 43.0 Å². The largest absolute Gasteiger partial charge is 0.494 e. The fraction of sp³-hybridized carbons (Fsp3) is 0.381. The molecule has 0 spiro atoms. The molecule has 1 atom stereocenters. The summed E-state index contributed by atoms with van der Waals surface area (Å²) >= 11 is 0. The summed E-state index contributed by atoms with van der Waals surface area (Å²) in [5, 5.41) is 0. The fourth-order valence-electron chi connectivity index (χ4n) is 2.72. The van der Waals surface area contributed by atoms with E-state index in [9.17, 15) is 13.6 Å². The van der Waals surface area contributed by atoms with Crippen LogP contribution in [-0.4, -0.2) is 43.0 Å². The van der Waals surface area contributed by atoms with Gasteiger partial charge in [0.1, 0.15) is 5.75 Å². The lowest BCUT2D eigenvalue weighted by Gasteiger charge is -2.27. The second kappa shape index (κ2) is 9.46. The van der Waals surface area contributed by atoms with Crippen molar-refractivity contribution in [2.24, 2.45) is 0 Å². The molecular formula is C21H26F2N2O2. The maximum Gasteiger partial charge on any atom is 0.236 e. The summed E-state index contributed by atoms with van der Waals surface area (Å²) < 4.78 is 31.9. The minimum atomic E-state index is -0.883. The van der Waals surface area contributed by atoms with E-state index >= 15 is 0 Å². The highest BCUT2D eigenvalue weighted by atomic mass is 19.2. The summed E-state index contributed by atoms with van der Waals surface area (Å²) in [6.45, 7) is 5.05. The third kappa shape index (κ3) is 5.76. The summed E-state index contributed by atoms with van der Waals surface area (Å²) in [6, 6.07) is 11.2. The number of likely N-dealkylation sites (N-methyl/N-ethyl adjacent to an activating group) is 2. The number of benzene rings is 2. The van der Waals surface area contributed by atoms with E-state index in [0.29, 0.717) is 18.7 Å². The van der Waals surface area contributed by atoms with Gasteiger partial charge in [0.15, 0.2) is 11.6 Å². The Balaban J connectivity index is 1.93. The van der Waals surface area contributed by atoms with Crippen LogP contribution >= 0.6 is 0 Å². The molecule has 2 aromatic rings. The molecule has 0 saturated carbocycles. The minimum absolute atomic E-state index is 0.0548. The molecule has 2 rings (SSSR count). The zero-order chi connectivity index (χ0) is 20.0. The first kappa shape index (κ1) is 20.8. The lowest BCUT2D eigenvalue weighted by atomic mass is 10.1. The highest BCUT2D eigenvalue weighted by Crippen LogP contribution is 2.21. The van der Waals surface area contributed by atoms with E-state index in [0.717, 1.165) is 17.4 Å². The van der Waals surface area contributed by atoms with Gasteiger partial charge in [0.2, 0.25) is 5.91 Å². The Bertz CT molecular complexity index is 765. The summed E-state index contributed by atoms with van der Waals surface area (Å²) in [5.74, 6) is -1.01. The molecule has 2 aromatic carbocycles. The zero-order valence-corrected chi connectivity index (χ0v) is 16.2. The summed E-state index contributed by atoms with van der Waals surface area (Å²) in [5.41, 5.74) is 1.63. The number of rotatable bonds is 8. The van der Waals surface area contributed by atoms with Gasteiger partial charge >= 0.3 is 0 Å². The highest BCUT2D eigenvalue weighted by Gasteiger charge is 2.18. The number of carbonyl (C=O) groups is 1. The topological polar surface area (TPSA) is 32.8 Å². The monoisotopic (exact) mass is 376 g/mol. The number of halogens is 2. The number of hydrogen-bond donors (Lipinski definition) is 0. The fourth-order valence-corrected chi connectivity index (χ4v) is 2.72. The van der Waals surface area contributed by atoms with Gasteiger partial charge in [0, 0.05) is 19.6 Å². The Morgan fingerprint density at radius 1 is 1.07 bits per heavy atom. The molecule has 27 heavy (non-hydrogen) atoms. The molecule has 0 aliphatic rings.